The molecule has 0 spiro atoms. The zero-order valence-electron chi connectivity index (χ0n) is 9.48. The van der Waals surface area contributed by atoms with Gasteiger partial charge in [0, 0.05) is 34.5 Å². The van der Waals surface area contributed by atoms with Crippen molar-refractivity contribution in [3.8, 4) is 0 Å². The number of aliphatic hydroxyl groups excluding tert-OH is 1. The van der Waals surface area contributed by atoms with Crippen LogP contribution in [0.1, 0.15) is 17.2 Å². The van der Waals surface area contributed by atoms with E-state index in [2.05, 4.69) is 20.9 Å². The predicted molar refractivity (Wildman–Crippen MR) is 71.4 cm³/mol. The predicted octanol–water partition coefficient (Wildman–Crippen LogP) is 2.84. The summed E-state index contributed by atoms with van der Waals surface area (Å²) in [5, 5.41) is 10.1. The van der Waals surface area contributed by atoms with E-state index in [1.807, 2.05) is 0 Å². The maximum absolute atomic E-state index is 13.6. The van der Waals surface area contributed by atoms with Gasteiger partial charge in [-0.2, -0.15) is 0 Å². The van der Waals surface area contributed by atoms with Crippen molar-refractivity contribution in [3.63, 3.8) is 0 Å². The van der Waals surface area contributed by atoms with Crippen LogP contribution >= 0.6 is 15.9 Å². The normalized spacial score (nSPS) is 12.4. The lowest BCUT2D eigenvalue weighted by Crippen LogP contribution is -2.06. The molecule has 1 heterocycles. The SMILES string of the molecule is Nc1ccncc1CC(O)c1cc(Br)ccc1F. The summed E-state index contributed by atoms with van der Waals surface area (Å²) >= 11 is 3.25. The van der Waals surface area contributed by atoms with Gasteiger partial charge in [0.1, 0.15) is 5.82 Å². The van der Waals surface area contributed by atoms with E-state index in [1.165, 1.54) is 6.07 Å². The molecule has 2 rings (SSSR count). The lowest BCUT2D eigenvalue weighted by Gasteiger charge is -2.13. The fraction of sp³-hybridized carbons (Fsp3) is 0.154. The summed E-state index contributed by atoms with van der Waals surface area (Å²) in [4.78, 5) is 3.94. The number of hydrogen-bond donors (Lipinski definition) is 2. The van der Waals surface area contributed by atoms with Gasteiger partial charge in [-0.05, 0) is 29.8 Å². The summed E-state index contributed by atoms with van der Waals surface area (Å²) in [7, 11) is 0. The Morgan fingerprint density at radius 1 is 1.39 bits per heavy atom. The van der Waals surface area contributed by atoms with E-state index in [1.54, 1.807) is 30.6 Å². The minimum Gasteiger partial charge on any atom is -0.398 e. The third-order valence-corrected chi connectivity index (χ3v) is 3.16. The standard InChI is InChI=1S/C13H12BrFN2O/c14-9-1-2-11(15)10(6-9)13(18)5-8-7-17-4-3-12(8)16/h1-4,6-7,13,18H,5H2,(H2,16,17). The van der Waals surface area contributed by atoms with Gasteiger partial charge in [0.25, 0.3) is 0 Å². The first-order chi connectivity index (χ1) is 8.58. The molecule has 94 valence electrons. The smallest absolute Gasteiger partial charge is 0.129 e. The van der Waals surface area contributed by atoms with Crippen LogP contribution in [0.15, 0.2) is 41.1 Å². The second-order valence-electron chi connectivity index (χ2n) is 3.96. The number of halogens is 2. The van der Waals surface area contributed by atoms with Crippen molar-refractivity contribution in [1.29, 1.82) is 0 Å². The van der Waals surface area contributed by atoms with E-state index in [9.17, 15) is 9.50 Å². The van der Waals surface area contributed by atoms with Gasteiger partial charge in [0.15, 0.2) is 0 Å². The van der Waals surface area contributed by atoms with Crippen molar-refractivity contribution in [2.75, 3.05) is 5.73 Å². The Morgan fingerprint density at radius 3 is 2.89 bits per heavy atom. The van der Waals surface area contributed by atoms with Crippen LogP contribution in [-0.4, -0.2) is 10.1 Å². The largest absolute Gasteiger partial charge is 0.398 e. The fourth-order valence-electron chi connectivity index (χ4n) is 1.70. The quantitative estimate of drug-likeness (QED) is 0.916. The number of aromatic nitrogens is 1. The molecule has 0 radical (unpaired) electrons. The molecule has 0 saturated heterocycles. The molecule has 0 amide bonds. The minimum absolute atomic E-state index is 0.229. The molecule has 0 saturated carbocycles. The summed E-state index contributed by atoms with van der Waals surface area (Å²) < 4.78 is 14.3. The maximum Gasteiger partial charge on any atom is 0.129 e. The van der Waals surface area contributed by atoms with Gasteiger partial charge < -0.3 is 10.8 Å². The number of pyridine rings is 1. The van der Waals surface area contributed by atoms with E-state index >= 15 is 0 Å². The zero-order chi connectivity index (χ0) is 13.1. The Hall–Kier alpha value is -1.46. The lowest BCUT2D eigenvalue weighted by atomic mass is 10.0. The average Bonchev–Trinajstić information content (AvgIpc) is 2.35. The maximum atomic E-state index is 13.6. The van der Waals surface area contributed by atoms with Gasteiger partial charge in [0.2, 0.25) is 0 Å². The highest BCUT2D eigenvalue weighted by Crippen LogP contribution is 2.25. The van der Waals surface area contributed by atoms with Crippen molar-refractivity contribution in [2.45, 2.75) is 12.5 Å². The van der Waals surface area contributed by atoms with E-state index in [-0.39, 0.29) is 12.0 Å². The van der Waals surface area contributed by atoms with Crippen LogP contribution in [0, 0.1) is 5.82 Å². The minimum atomic E-state index is -0.950. The summed E-state index contributed by atoms with van der Waals surface area (Å²) in [6.45, 7) is 0. The van der Waals surface area contributed by atoms with Crippen LogP contribution in [0.25, 0.3) is 0 Å². The molecule has 5 heteroatoms. The van der Waals surface area contributed by atoms with Crippen molar-refractivity contribution < 1.29 is 9.50 Å². The number of nitrogens with zero attached hydrogens (tertiary/aromatic N) is 1. The molecule has 0 fully saturated rings. The molecule has 3 N–H and O–H groups in total. The first-order valence-corrected chi connectivity index (χ1v) is 6.18. The number of nitrogens with two attached hydrogens (primary N) is 1. The van der Waals surface area contributed by atoms with Crippen molar-refractivity contribution in [2.24, 2.45) is 0 Å². The highest BCUT2D eigenvalue weighted by Gasteiger charge is 2.15. The van der Waals surface area contributed by atoms with Gasteiger partial charge in [-0.15, -0.1) is 0 Å². The number of hydrogen-bond acceptors (Lipinski definition) is 3. The fourth-order valence-corrected chi connectivity index (χ4v) is 2.08. The molecule has 0 aliphatic carbocycles. The zero-order valence-corrected chi connectivity index (χ0v) is 11.1. The third kappa shape index (κ3) is 2.86. The monoisotopic (exact) mass is 310 g/mol. The molecule has 1 unspecified atom stereocenters. The van der Waals surface area contributed by atoms with Crippen LogP contribution in [0.5, 0.6) is 0 Å². The molecule has 0 aliphatic rings. The van der Waals surface area contributed by atoms with Crippen LogP contribution < -0.4 is 5.73 Å². The average molecular weight is 311 g/mol. The Kier molecular flexibility index (Phi) is 3.93. The van der Waals surface area contributed by atoms with Crippen LogP contribution in [0.2, 0.25) is 0 Å². The molecule has 2 aromatic rings. The van der Waals surface area contributed by atoms with Gasteiger partial charge in [-0.1, -0.05) is 15.9 Å². The van der Waals surface area contributed by atoms with Crippen LogP contribution in [0.4, 0.5) is 10.1 Å². The number of nitrogen functional groups attached to an aromatic ring is 1. The van der Waals surface area contributed by atoms with Gasteiger partial charge in [0.05, 0.1) is 6.10 Å². The van der Waals surface area contributed by atoms with Gasteiger partial charge in [-0.3, -0.25) is 4.98 Å². The Labute approximate surface area is 113 Å². The van der Waals surface area contributed by atoms with Crippen molar-refractivity contribution in [1.82, 2.24) is 4.98 Å². The molecular weight excluding hydrogens is 299 g/mol. The van der Waals surface area contributed by atoms with Crippen molar-refractivity contribution >= 4 is 21.6 Å². The molecule has 0 bridgehead atoms. The first-order valence-electron chi connectivity index (χ1n) is 5.39. The Balaban J connectivity index is 2.25. The number of anilines is 1. The van der Waals surface area contributed by atoms with E-state index in [0.717, 1.165) is 4.47 Å². The number of benzene rings is 1. The first kappa shape index (κ1) is 13.0. The number of aliphatic hydroxyl groups is 1. The van der Waals surface area contributed by atoms with E-state index in [0.29, 0.717) is 11.3 Å². The molecule has 18 heavy (non-hydrogen) atoms. The second kappa shape index (κ2) is 5.46. The summed E-state index contributed by atoms with van der Waals surface area (Å²) in [6.07, 6.45) is 2.43. The van der Waals surface area contributed by atoms with Gasteiger partial charge in [-0.25, -0.2) is 4.39 Å². The van der Waals surface area contributed by atoms with Crippen molar-refractivity contribution in [3.05, 3.63) is 58.1 Å². The molecular formula is C13H12BrFN2O. The molecule has 1 aromatic carbocycles. The Bertz CT molecular complexity index is 562. The summed E-state index contributed by atoms with van der Waals surface area (Å²) in [5.41, 5.74) is 7.24. The van der Waals surface area contributed by atoms with Crippen LogP contribution in [0.3, 0.4) is 0 Å². The van der Waals surface area contributed by atoms with E-state index < -0.39 is 11.9 Å². The molecule has 1 aromatic heterocycles. The Morgan fingerprint density at radius 2 is 2.17 bits per heavy atom. The summed E-state index contributed by atoms with van der Waals surface area (Å²) in [6, 6.07) is 6.12. The second-order valence-corrected chi connectivity index (χ2v) is 4.88. The van der Waals surface area contributed by atoms with Crippen LogP contribution in [-0.2, 0) is 6.42 Å². The molecule has 0 aliphatic heterocycles. The highest BCUT2D eigenvalue weighted by atomic mass is 79.9. The third-order valence-electron chi connectivity index (χ3n) is 2.67. The number of rotatable bonds is 3. The highest BCUT2D eigenvalue weighted by molar-refractivity contribution is 9.10. The molecule has 1 atom stereocenters. The molecule has 3 nitrogen and oxygen atoms in total. The van der Waals surface area contributed by atoms with Gasteiger partial charge >= 0.3 is 0 Å². The lowest BCUT2D eigenvalue weighted by molar-refractivity contribution is 0.173. The van der Waals surface area contributed by atoms with E-state index in [4.69, 9.17) is 5.73 Å². The summed E-state index contributed by atoms with van der Waals surface area (Å²) in [5.74, 6) is -0.437. The topological polar surface area (TPSA) is 59.1 Å².